The van der Waals surface area contributed by atoms with Crippen LogP contribution in [0.3, 0.4) is 0 Å². The monoisotopic (exact) mass is 226 g/mol. The van der Waals surface area contributed by atoms with Crippen molar-refractivity contribution >= 4 is 5.82 Å². The molecule has 2 unspecified atom stereocenters. The molecule has 0 amide bonds. The van der Waals surface area contributed by atoms with Crippen molar-refractivity contribution in [3.8, 4) is 0 Å². The Kier molecular flexibility index (Phi) is 4.12. The molecule has 0 saturated carbocycles. The fraction of sp³-hybridized carbons (Fsp3) is 0.625. The molecule has 8 nitrogen and oxygen atoms in total. The van der Waals surface area contributed by atoms with Crippen molar-refractivity contribution in [3.05, 3.63) is 21.7 Å². The number of nitrogens with zero attached hydrogens (tertiary/aromatic N) is 4. The molecule has 0 bridgehead atoms. The highest BCUT2D eigenvalue weighted by atomic mass is 16.3. The van der Waals surface area contributed by atoms with Gasteiger partial charge in [0.2, 0.25) is 0 Å². The normalized spacial score (nSPS) is 14.2. The Balaban J connectivity index is 2.70. The van der Waals surface area contributed by atoms with Crippen LogP contribution in [0.2, 0.25) is 0 Å². The van der Waals surface area contributed by atoms with Crippen LogP contribution in [-0.4, -0.2) is 33.1 Å². The lowest BCUT2D eigenvalue weighted by Gasteiger charge is -2.17. The fourth-order valence-corrected chi connectivity index (χ4v) is 1.41. The van der Waals surface area contributed by atoms with E-state index in [9.17, 15) is 10.2 Å². The molecule has 1 aromatic rings. The topological polar surface area (TPSA) is 144 Å². The third kappa shape index (κ3) is 2.63. The molecule has 88 valence electrons. The largest absolute Gasteiger partial charge is 0.390 e. The van der Waals surface area contributed by atoms with Crippen LogP contribution < -0.4 is 5.73 Å². The van der Waals surface area contributed by atoms with Crippen molar-refractivity contribution < 1.29 is 10.2 Å². The number of anilines is 1. The van der Waals surface area contributed by atoms with Crippen molar-refractivity contribution in [2.75, 3.05) is 12.3 Å². The number of H-pyrrole nitrogens is 1. The first-order chi connectivity index (χ1) is 7.57. The third-order valence-electron chi connectivity index (χ3n) is 2.27. The van der Waals surface area contributed by atoms with Gasteiger partial charge in [0, 0.05) is 22.7 Å². The number of aryl methyl sites for hydroxylation is 1. The van der Waals surface area contributed by atoms with E-state index in [1.165, 1.54) is 0 Å². The van der Waals surface area contributed by atoms with E-state index < -0.39 is 12.2 Å². The lowest BCUT2D eigenvalue weighted by molar-refractivity contribution is 0.0151. The molecule has 0 spiro atoms. The summed E-state index contributed by atoms with van der Waals surface area (Å²) >= 11 is 0. The summed E-state index contributed by atoms with van der Waals surface area (Å²) in [5.74, 6) is 0.160. The van der Waals surface area contributed by atoms with Gasteiger partial charge in [0.1, 0.15) is 6.10 Å². The Labute approximate surface area is 91.7 Å². The zero-order chi connectivity index (χ0) is 12.1. The van der Waals surface area contributed by atoms with E-state index in [0.717, 1.165) is 0 Å². The quantitative estimate of drug-likeness (QED) is 0.327. The minimum absolute atomic E-state index is 0.117. The number of aliphatic hydroxyl groups excluding tert-OH is 2. The third-order valence-corrected chi connectivity index (χ3v) is 2.27. The second-order valence-corrected chi connectivity index (χ2v) is 3.40. The lowest BCUT2D eigenvalue weighted by Crippen LogP contribution is -2.20. The minimum atomic E-state index is -1.13. The summed E-state index contributed by atoms with van der Waals surface area (Å²) in [5, 5.41) is 29.1. The maximum Gasteiger partial charge on any atom is 0.151 e. The number of nitrogens with two attached hydrogens (primary N) is 1. The molecule has 2 atom stereocenters. The molecule has 0 saturated heterocycles. The van der Waals surface area contributed by atoms with Gasteiger partial charge >= 0.3 is 0 Å². The van der Waals surface area contributed by atoms with E-state index >= 15 is 0 Å². The summed E-state index contributed by atoms with van der Waals surface area (Å²) in [4.78, 5) is 2.55. The molecule has 0 aliphatic rings. The van der Waals surface area contributed by atoms with E-state index in [1.807, 2.05) is 0 Å². The van der Waals surface area contributed by atoms with E-state index in [1.54, 1.807) is 6.92 Å². The van der Waals surface area contributed by atoms with E-state index in [-0.39, 0.29) is 18.8 Å². The summed E-state index contributed by atoms with van der Waals surface area (Å²) in [6, 6.07) is 0. The van der Waals surface area contributed by atoms with Crippen LogP contribution in [0, 0.1) is 6.92 Å². The van der Waals surface area contributed by atoms with Gasteiger partial charge in [-0.15, -0.1) is 0 Å². The fourth-order valence-electron chi connectivity index (χ4n) is 1.41. The van der Waals surface area contributed by atoms with Crippen molar-refractivity contribution in [2.24, 2.45) is 5.11 Å². The average Bonchev–Trinajstić information content (AvgIpc) is 2.58. The van der Waals surface area contributed by atoms with E-state index in [4.69, 9.17) is 11.3 Å². The molecule has 0 aliphatic carbocycles. The maximum absolute atomic E-state index is 9.81. The average molecular weight is 226 g/mol. The van der Waals surface area contributed by atoms with Crippen LogP contribution in [0.25, 0.3) is 10.4 Å². The van der Waals surface area contributed by atoms with Gasteiger partial charge in [-0.25, -0.2) is 0 Å². The van der Waals surface area contributed by atoms with E-state index in [2.05, 4.69) is 20.2 Å². The number of hydrogen-bond acceptors (Lipinski definition) is 5. The Hall–Kier alpha value is -1.76. The second-order valence-electron chi connectivity index (χ2n) is 3.40. The first kappa shape index (κ1) is 12.3. The molecule has 0 fully saturated rings. The van der Waals surface area contributed by atoms with Crippen molar-refractivity contribution in [1.82, 2.24) is 10.2 Å². The van der Waals surface area contributed by atoms with Crippen LogP contribution in [0.4, 0.5) is 5.82 Å². The highest BCUT2D eigenvalue weighted by Gasteiger charge is 2.23. The predicted molar refractivity (Wildman–Crippen MR) is 57.3 cm³/mol. The van der Waals surface area contributed by atoms with Gasteiger partial charge in [-0.2, -0.15) is 5.10 Å². The first-order valence-electron chi connectivity index (χ1n) is 4.75. The molecule has 5 N–H and O–H groups in total. The number of hydrogen-bond donors (Lipinski definition) is 4. The highest BCUT2D eigenvalue weighted by molar-refractivity contribution is 5.43. The molecule has 1 heterocycles. The van der Waals surface area contributed by atoms with Crippen LogP contribution in [0.15, 0.2) is 5.11 Å². The zero-order valence-corrected chi connectivity index (χ0v) is 8.83. The molecule has 1 aromatic heterocycles. The number of nitrogen functional groups attached to an aromatic ring is 1. The van der Waals surface area contributed by atoms with Gasteiger partial charge in [-0.1, -0.05) is 5.11 Å². The molecule has 0 aromatic carbocycles. The standard InChI is InChI=1S/C8H14N6O2/c1-4-6(8(9)13-12-4)7(16)5(15)2-3-11-14-10/h5,7,15-16H,2-3H2,1H3,(H3,9,12,13). The predicted octanol–water partition coefficient (Wildman–Crippen LogP) is 0.395. The van der Waals surface area contributed by atoms with Crippen LogP contribution in [0.1, 0.15) is 23.8 Å². The summed E-state index contributed by atoms with van der Waals surface area (Å²) in [6.07, 6.45) is -2.01. The van der Waals surface area contributed by atoms with Gasteiger partial charge < -0.3 is 15.9 Å². The zero-order valence-electron chi connectivity index (χ0n) is 8.83. The Bertz CT molecular complexity index is 378. The first-order valence-corrected chi connectivity index (χ1v) is 4.75. The molecule has 16 heavy (non-hydrogen) atoms. The Morgan fingerprint density at radius 2 is 2.31 bits per heavy atom. The number of rotatable bonds is 5. The highest BCUT2D eigenvalue weighted by Crippen LogP contribution is 2.25. The van der Waals surface area contributed by atoms with Gasteiger partial charge in [-0.3, -0.25) is 5.10 Å². The smallest absolute Gasteiger partial charge is 0.151 e. The number of aliphatic hydroxyl groups is 2. The van der Waals surface area contributed by atoms with Crippen LogP contribution >= 0.6 is 0 Å². The summed E-state index contributed by atoms with van der Waals surface area (Å²) in [6.45, 7) is 1.81. The number of azide groups is 1. The Morgan fingerprint density at radius 3 is 2.81 bits per heavy atom. The SMILES string of the molecule is Cc1[nH]nc(N)c1C(O)C(O)CCN=[N+]=[N-]. The van der Waals surface area contributed by atoms with Gasteiger partial charge in [0.05, 0.1) is 6.10 Å². The molecule has 0 radical (unpaired) electrons. The number of nitrogens with one attached hydrogen (secondary N) is 1. The van der Waals surface area contributed by atoms with E-state index in [0.29, 0.717) is 11.3 Å². The summed E-state index contributed by atoms with van der Waals surface area (Å²) in [5.41, 5.74) is 14.6. The molecule has 1 rings (SSSR count). The maximum atomic E-state index is 9.81. The lowest BCUT2D eigenvalue weighted by atomic mass is 10.0. The van der Waals surface area contributed by atoms with Crippen molar-refractivity contribution in [3.63, 3.8) is 0 Å². The van der Waals surface area contributed by atoms with Crippen molar-refractivity contribution in [2.45, 2.75) is 25.6 Å². The number of aromatic amines is 1. The molecule has 0 aliphatic heterocycles. The molecular formula is C8H14N6O2. The molecular weight excluding hydrogens is 212 g/mol. The van der Waals surface area contributed by atoms with Crippen LogP contribution in [-0.2, 0) is 0 Å². The summed E-state index contributed by atoms with van der Waals surface area (Å²) in [7, 11) is 0. The van der Waals surface area contributed by atoms with Gasteiger partial charge in [0.15, 0.2) is 5.82 Å². The van der Waals surface area contributed by atoms with Gasteiger partial charge in [0.25, 0.3) is 0 Å². The minimum Gasteiger partial charge on any atom is -0.390 e. The summed E-state index contributed by atoms with van der Waals surface area (Å²) < 4.78 is 0. The Morgan fingerprint density at radius 1 is 1.62 bits per heavy atom. The van der Waals surface area contributed by atoms with Crippen LogP contribution in [0.5, 0.6) is 0 Å². The number of aromatic nitrogens is 2. The molecule has 8 heteroatoms. The van der Waals surface area contributed by atoms with Crippen molar-refractivity contribution in [1.29, 1.82) is 0 Å². The van der Waals surface area contributed by atoms with Gasteiger partial charge in [-0.05, 0) is 18.9 Å². The second kappa shape index (κ2) is 5.36.